The van der Waals surface area contributed by atoms with Crippen LogP contribution in [-0.2, 0) is 14.3 Å². The lowest BCUT2D eigenvalue weighted by atomic mass is 10.2. The van der Waals surface area contributed by atoms with Crippen molar-refractivity contribution in [3.63, 3.8) is 0 Å². The Hall–Kier alpha value is -2.28. The van der Waals surface area contributed by atoms with Gasteiger partial charge < -0.3 is 24.4 Å². The molecule has 0 aliphatic carbocycles. The first-order valence-electron chi connectivity index (χ1n) is 7.49. The van der Waals surface area contributed by atoms with Crippen molar-refractivity contribution in [2.24, 2.45) is 0 Å². The van der Waals surface area contributed by atoms with Crippen LogP contribution in [0.3, 0.4) is 0 Å². The minimum Gasteiger partial charge on any atom is -0.493 e. The minimum absolute atomic E-state index is 0.0623. The number of nitrogens with one attached hydrogen (secondary N) is 1. The summed E-state index contributed by atoms with van der Waals surface area (Å²) >= 11 is 0. The maximum atomic E-state index is 12.3. The molecule has 7 nitrogen and oxygen atoms in total. The van der Waals surface area contributed by atoms with E-state index in [0.717, 1.165) is 0 Å². The summed E-state index contributed by atoms with van der Waals surface area (Å²) in [5, 5.41) is 2.70. The van der Waals surface area contributed by atoms with Crippen molar-refractivity contribution < 1.29 is 23.8 Å². The van der Waals surface area contributed by atoms with E-state index in [2.05, 4.69) is 5.32 Å². The normalized spacial score (nSPS) is 17.5. The summed E-state index contributed by atoms with van der Waals surface area (Å²) in [5.41, 5.74) is 0. The Morgan fingerprint density at radius 2 is 2.09 bits per heavy atom. The fourth-order valence-corrected chi connectivity index (χ4v) is 2.30. The third-order valence-electron chi connectivity index (χ3n) is 3.49. The molecule has 1 aliphatic rings. The Morgan fingerprint density at radius 3 is 2.78 bits per heavy atom. The van der Waals surface area contributed by atoms with Gasteiger partial charge in [-0.25, -0.2) is 0 Å². The van der Waals surface area contributed by atoms with Crippen LogP contribution >= 0.6 is 0 Å². The maximum Gasteiger partial charge on any atom is 0.260 e. The highest BCUT2D eigenvalue weighted by molar-refractivity contribution is 5.78. The van der Waals surface area contributed by atoms with Crippen molar-refractivity contribution >= 4 is 11.8 Å². The molecular weight excluding hydrogens is 300 g/mol. The molecule has 0 unspecified atom stereocenters. The number of hydrogen-bond acceptors (Lipinski definition) is 5. The van der Waals surface area contributed by atoms with Crippen molar-refractivity contribution in [3.05, 3.63) is 24.3 Å². The van der Waals surface area contributed by atoms with E-state index in [1.165, 1.54) is 6.92 Å². The molecule has 2 rings (SSSR count). The molecule has 0 bridgehead atoms. The van der Waals surface area contributed by atoms with E-state index in [1.54, 1.807) is 24.1 Å². The molecule has 2 amide bonds. The number of amides is 2. The summed E-state index contributed by atoms with van der Waals surface area (Å²) in [6, 6.07) is 7.19. The molecule has 1 aromatic rings. The van der Waals surface area contributed by atoms with Gasteiger partial charge in [-0.15, -0.1) is 0 Å². The lowest BCUT2D eigenvalue weighted by Gasteiger charge is -2.33. The smallest absolute Gasteiger partial charge is 0.260 e. The molecular formula is C16H22N2O5. The van der Waals surface area contributed by atoms with Gasteiger partial charge in [-0.05, 0) is 12.1 Å². The first-order chi connectivity index (χ1) is 11.1. The zero-order valence-corrected chi connectivity index (χ0v) is 13.4. The lowest BCUT2D eigenvalue weighted by Crippen LogP contribution is -2.50. The largest absolute Gasteiger partial charge is 0.493 e. The van der Waals surface area contributed by atoms with Crippen molar-refractivity contribution in [1.82, 2.24) is 10.2 Å². The maximum absolute atomic E-state index is 12.3. The predicted octanol–water partition coefficient (Wildman–Crippen LogP) is 0.438. The number of carbonyl (C=O) groups is 2. The zero-order chi connectivity index (χ0) is 16.7. The van der Waals surface area contributed by atoms with E-state index in [1.807, 2.05) is 12.1 Å². The molecule has 7 heteroatoms. The highest BCUT2D eigenvalue weighted by Crippen LogP contribution is 2.25. The number of benzene rings is 1. The highest BCUT2D eigenvalue weighted by Gasteiger charge is 2.24. The van der Waals surface area contributed by atoms with Gasteiger partial charge in [-0.3, -0.25) is 9.59 Å². The third-order valence-corrected chi connectivity index (χ3v) is 3.49. The monoisotopic (exact) mass is 322 g/mol. The van der Waals surface area contributed by atoms with Gasteiger partial charge in [-0.2, -0.15) is 0 Å². The number of morpholine rings is 1. The summed E-state index contributed by atoms with van der Waals surface area (Å²) in [7, 11) is 1.55. The van der Waals surface area contributed by atoms with E-state index in [0.29, 0.717) is 37.7 Å². The molecule has 0 spiro atoms. The molecule has 1 saturated heterocycles. The van der Waals surface area contributed by atoms with Gasteiger partial charge in [0.2, 0.25) is 5.91 Å². The van der Waals surface area contributed by atoms with E-state index in [4.69, 9.17) is 14.2 Å². The molecule has 1 aliphatic heterocycles. The SMILES string of the molecule is COc1ccccc1OCC(=O)N1CCO[C@H](CNC(C)=O)C1. The number of hydrogen-bond donors (Lipinski definition) is 1. The summed E-state index contributed by atoms with van der Waals surface area (Å²) in [6.45, 7) is 3.19. The number of nitrogens with zero attached hydrogens (tertiary/aromatic N) is 1. The Labute approximate surface area is 135 Å². The third kappa shape index (κ3) is 5.14. The molecule has 0 radical (unpaired) electrons. The molecule has 1 fully saturated rings. The first kappa shape index (κ1) is 17.1. The van der Waals surface area contributed by atoms with Gasteiger partial charge >= 0.3 is 0 Å². The summed E-state index contributed by atoms with van der Waals surface area (Å²) in [5.74, 6) is 0.890. The van der Waals surface area contributed by atoms with Gasteiger partial charge in [-0.1, -0.05) is 12.1 Å². The summed E-state index contributed by atoms with van der Waals surface area (Å²) in [6.07, 6.45) is -0.192. The summed E-state index contributed by atoms with van der Waals surface area (Å²) in [4.78, 5) is 24.9. The number of rotatable bonds is 6. The number of ether oxygens (including phenoxy) is 3. The Morgan fingerprint density at radius 1 is 1.35 bits per heavy atom. The Bertz CT molecular complexity index is 549. The number of carbonyl (C=O) groups excluding carboxylic acids is 2. The van der Waals surface area contributed by atoms with Gasteiger partial charge in [0, 0.05) is 26.6 Å². The molecule has 126 valence electrons. The van der Waals surface area contributed by atoms with Crippen LogP contribution in [0.5, 0.6) is 11.5 Å². The van der Waals surface area contributed by atoms with E-state index >= 15 is 0 Å². The molecule has 1 atom stereocenters. The van der Waals surface area contributed by atoms with Crippen LogP contribution in [-0.4, -0.2) is 62.8 Å². The average molecular weight is 322 g/mol. The van der Waals surface area contributed by atoms with Crippen LogP contribution < -0.4 is 14.8 Å². The van der Waals surface area contributed by atoms with Crippen LogP contribution in [0.4, 0.5) is 0 Å². The van der Waals surface area contributed by atoms with Crippen LogP contribution in [0.15, 0.2) is 24.3 Å². The molecule has 1 N–H and O–H groups in total. The standard InChI is InChI=1S/C16H22N2O5/c1-12(19)17-9-13-10-18(7-8-22-13)16(20)11-23-15-6-4-3-5-14(15)21-2/h3-6,13H,7-11H2,1-2H3,(H,17,19)/t13-/m1/s1. The minimum atomic E-state index is -0.192. The van der Waals surface area contributed by atoms with E-state index < -0.39 is 0 Å². The van der Waals surface area contributed by atoms with E-state index in [-0.39, 0.29) is 24.5 Å². The van der Waals surface area contributed by atoms with E-state index in [9.17, 15) is 9.59 Å². The fourth-order valence-electron chi connectivity index (χ4n) is 2.30. The second-order valence-corrected chi connectivity index (χ2v) is 5.21. The van der Waals surface area contributed by atoms with Gasteiger partial charge in [0.25, 0.3) is 5.91 Å². The topological polar surface area (TPSA) is 77.1 Å². The number of para-hydroxylation sites is 2. The van der Waals surface area contributed by atoms with Crippen molar-refractivity contribution in [2.75, 3.05) is 40.0 Å². The fraction of sp³-hybridized carbons (Fsp3) is 0.500. The van der Waals surface area contributed by atoms with Gasteiger partial charge in [0.15, 0.2) is 18.1 Å². The quantitative estimate of drug-likeness (QED) is 0.822. The first-order valence-corrected chi connectivity index (χ1v) is 7.49. The second-order valence-electron chi connectivity index (χ2n) is 5.21. The molecule has 0 aromatic heterocycles. The molecule has 1 heterocycles. The summed E-state index contributed by atoms with van der Waals surface area (Å²) < 4.78 is 16.3. The van der Waals surface area contributed by atoms with Gasteiger partial charge in [0.05, 0.1) is 19.8 Å². The highest BCUT2D eigenvalue weighted by atomic mass is 16.5. The van der Waals surface area contributed by atoms with Gasteiger partial charge in [0.1, 0.15) is 0 Å². The average Bonchev–Trinajstić information content (AvgIpc) is 2.58. The number of methoxy groups -OCH3 is 1. The second kappa shape index (κ2) is 8.38. The Kier molecular flexibility index (Phi) is 6.22. The van der Waals surface area contributed by atoms with Crippen LogP contribution in [0, 0.1) is 0 Å². The lowest BCUT2D eigenvalue weighted by molar-refractivity contribution is -0.140. The Balaban J connectivity index is 1.84. The predicted molar refractivity (Wildman–Crippen MR) is 83.5 cm³/mol. The molecule has 23 heavy (non-hydrogen) atoms. The molecule has 1 aromatic carbocycles. The van der Waals surface area contributed by atoms with Crippen LogP contribution in [0.1, 0.15) is 6.92 Å². The van der Waals surface area contributed by atoms with Crippen molar-refractivity contribution in [2.45, 2.75) is 13.0 Å². The van der Waals surface area contributed by atoms with Crippen molar-refractivity contribution in [3.8, 4) is 11.5 Å². The molecule has 0 saturated carbocycles. The zero-order valence-electron chi connectivity index (χ0n) is 13.4. The van der Waals surface area contributed by atoms with Crippen molar-refractivity contribution in [1.29, 1.82) is 0 Å². The van der Waals surface area contributed by atoms with Crippen LogP contribution in [0.25, 0.3) is 0 Å². The van der Waals surface area contributed by atoms with Crippen LogP contribution in [0.2, 0.25) is 0 Å².